The normalized spacial score (nSPS) is 12.0. The van der Waals surface area contributed by atoms with Crippen molar-refractivity contribution in [3.8, 4) is 0 Å². The zero-order valence-electron chi connectivity index (χ0n) is 16.3. The number of amides is 1. The smallest absolute Gasteiger partial charge is 0.267 e. The number of nitrogens with one attached hydrogen (secondary N) is 2. The second kappa shape index (κ2) is 8.15. The third kappa shape index (κ3) is 3.81. The Morgan fingerprint density at radius 2 is 2.00 bits per heavy atom. The summed E-state index contributed by atoms with van der Waals surface area (Å²) in [5.74, 6) is -0.202. The van der Waals surface area contributed by atoms with Crippen LogP contribution in [0.4, 0.5) is 0 Å². The van der Waals surface area contributed by atoms with Crippen molar-refractivity contribution in [2.24, 2.45) is 7.05 Å². The van der Waals surface area contributed by atoms with Gasteiger partial charge in [0.15, 0.2) is 0 Å². The number of aromatic amines is 1. The van der Waals surface area contributed by atoms with Crippen LogP contribution >= 0.6 is 0 Å². The highest BCUT2D eigenvalue weighted by Crippen LogP contribution is 2.24. The van der Waals surface area contributed by atoms with Gasteiger partial charge >= 0.3 is 0 Å². The number of aromatic nitrogens is 3. The van der Waals surface area contributed by atoms with Gasteiger partial charge in [-0.3, -0.25) is 4.79 Å². The molecule has 9 heteroatoms. The van der Waals surface area contributed by atoms with Gasteiger partial charge in [-0.15, -0.1) is 0 Å². The van der Waals surface area contributed by atoms with Crippen LogP contribution < -0.4 is 5.32 Å². The molecule has 0 aliphatic rings. The fourth-order valence-corrected chi connectivity index (χ4v) is 4.74. The van der Waals surface area contributed by atoms with Gasteiger partial charge in [0.05, 0.1) is 11.2 Å². The number of hydrogen-bond donors (Lipinski definition) is 2. The van der Waals surface area contributed by atoms with Crippen molar-refractivity contribution in [2.45, 2.75) is 25.2 Å². The first-order valence-electron chi connectivity index (χ1n) is 9.23. The molecule has 150 valence electrons. The summed E-state index contributed by atoms with van der Waals surface area (Å²) in [5, 5.41) is 3.60. The lowest BCUT2D eigenvalue weighted by molar-refractivity contribution is 0.0946. The monoisotopic (exact) mass is 403 g/mol. The zero-order chi connectivity index (χ0) is 20.3. The number of sulfonamides is 1. The minimum Gasteiger partial charge on any atom is -0.350 e. The van der Waals surface area contributed by atoms with Gasteiger partial charge in [0.1, 0.15) is 5.69 Å². The lowest BCUT2D eigenvalue weighted by Crippen LogP contribution is -2.30. The molecular weight excluding hydrogens is 378 g/mol. The number of carbonyl (C=O) groups excluding carboxylic acids is 1. The second-order valence-corrected chi connectivity index (χ2v) is 8.42. The van der Waals surface area contributed by atoms with Gasteiger partial charge in [-0.2, -0.15) is 4.31 Å². The van der Waals surface area contributed by atoms with E-state index in [1.165, 1.54) is 4.31 Å². The van der Waals surface area contributed by atoms with Gasteiger partial charge < -0.3 is 14.9 Å². The number of imidazole rings is 1. The van der Waals surface area contributed by atoms with Crippen molar-refractivity contribution < 1.29 is 13.2 Å². The fraction of sp³-hybridized carbons (Fsp3) is 0.368. The number of aryl methyl sites for hydroxylation is 1. The van der Waals surface area contributed by atoms with Crippen LogP contribution in [0.25, 0.3) is 10.9 Å². The zero-order valence-corrected chi connectivity index (χ0v) is 17.1. The third-order valence-electron chi connectivity index (χ3n) is 4.82. The van der Waals surface area contributed by atoms with Gasteiger partial charge in [-0.25, -0.2) is 13.4 Å². The van der Waals surface area contributed by atoms with Crippen LogP contribution in [-0.2, 0) is 23.5 Å². The van der Waals surface area contributed by atoms with Crippen LogP contribution in [0, 0.1) is 0 Å². The molecule has 0 saturated carbocycles. The molecule has 3 rings (SSSR count). The van der Waals surface area contributed by atoms with Gasteiger partial charge in [-0.05, 0) is 24.3 Å². The van der Waals surface area contributed by atoms with Crippen molar-refractivity contribution in [3.63, 3.8) is 0 Å². The molecule has 0 fully saturated rings. The van der Waals surface area contributed by atoms with Crippen LogP contribution in [0.15, 0.2) is 41.7 Å². The molecule has 0 aliphatic carbocycles. The molecule has 2 N–H and O–H groups in total. The van der Waals surface area contributed by atoms with Crippen molar-refractivity contribution in [2.75, 3.05) is 19.6 Å². The Hall–Kier alpha value is -2.65. The molecule has 0 bridgehead atoms. The molecule has 3 aromatic rings. The number of rotatable bonds is 8. The number of H-pyrrole nitrogens is 1. The summed E-state index contributed by atoms with van der Waals surface area (Å²) in [5.41, 5.74) is 2.23. The average Bonchev–Trinajstić information content (AvgIpc) is 3.30. The molecule has 1 aromatic carbocycles. The summed E-state index contributed by atoms with van der Waals surface area (Å²) in [6.07, 6.45) is 3.98. The Morgan fingerprint density at radius 3 is 2.64 bits per heavy atom. The minimum atomic E-state index is -3.54. The lowest BCUT2D eigenvalue weighted by atomic mass is 10.2. The van der Waals surface area contributed by atoms with E-state index in [0.717, 1.165) is 16.6 Å². The van der Waals surface area contributed by atoms with E-state index in [1.807, 2.05) is 13.8 Å². The standard InChI is InChI=1S/C19H25N5O3S/c1-4-24(5-2)28(26,27)16-6-7-17-14(10-16)11-18(23(17)3)19(25)21-9-8-15-12-20-13-22-15/h6-7,10-13H,4-5,8-9H2,1-3H3,(H,20,22)(H,21,25). The van der Waals surface area contributed by atoms with Gasteiger partial charge in [0.25, 0.3) is 5.91 Å². The highest BCUT2D eigenvalue weighted by atomic mass is 32.2. The number of hydrogen-bond acceptors (Lipinski definition) is 4. The quantitative estimate of drug-likeness (QED) is 0.600. The topological polar surface area (TPSA) is 100 Å². The largest absolute Gasteiger partial charge is 0.350 e. The van der Waals surface area contributed by atoms with Crippen LogP contribution in [0.1, 0.15) is 30.0 Å². The summed E-state index contributed by atoms with van der Waals surface area (Å²) in [4.78, 5) is 19.7. The van der Waals surface area contributed by atoms with Crippen molar-refractivity contribution in [3.05, 3.63) is 48.2 Å². The fourth-order valence-electron chi connectivity index (χ4n) is 3.24. The van der Waals surface area contributed by atoms with E-state index in [9.17, 15) is 13.2 Å². The molecule has 1 amide bonds. The van der Waals surface area contributed by atoms with E-state index < -0.39 is 10.0 Å². The maximum absolute atomic E-state index is 12.7. The third-order valence-corrected chi connectivity index (χ3v) is 6.87. The molecule has 0 unspecified atom stereocenters. The van der Waals surface area contributed by atoms with Crippen LogP contribution in [0.2, 0.25) is 0 Å². The Balaban J connectivity index is 1.83. The Morgan fingerprint density at radius 1 is 1.25 bits per heavy atom. The van der Waals surface area contributed by atoms with E-state index >= 15 is 0 Å². The van der Waals surface area contributed by atoms with Gasteiger partial charge in [-0.1, -0.05) is 13.8 Å². The molecule has 2 heterocycles. The Bertz CT molecular complexity index is 1070. The highest BCUT2D eigenvalue weighted by Gasteiger charge is 2.23. The summed E-state index contributed by atoms with van der Waals surface area (Å²) in [7, 11) is -1.75. The maximum Gasteiger partial charge on any atom is 0.267 e. The molecule has 0 radical (unpaired) electrons. The SMILES string of the molecule is CCN(CC)S(=O)(=O)c1ccc2c(c1)cc(C(=O)NCCc1cnc[nH]1)n2C. The lowest BCUT2D eigenvalue weighted by Gasteiger charge is -2.18. The molecule has 0 aliphatic heterocycles. The summed E-state index contributed by atoms with van der Waals surface area (Å²) in [6, 6.07) is 6.69. The van der Waals surface area contributed by atoms with E-state index in [0.29, 0.717) is 31.7 Å². The first-order chi connectivity index (χ1) is 13.4. The number of nitrogens with zero attached hydrogens (tertiary/aromatic N) is 3. The molecular formula is C19H25N5O3S. The highest BCUT2D eigenvalue weighted by molar-refractivity contribution is 7.89. The minimum absolute atomic E-state index is 0.202. The average molecular weight is 404 g/mol. The van der Waals surface area contributed by atoms with Crippen LogP contribution in [0.5, 0.6) is 0 Å². The van der Waals surface area contributed by atoms with Crippen molar-refractivity contribution in [1.29, 1.82) is 0 Å². The number of fused-ring (bicyclic) bond motifs is 1. The van der Waals surface area contributed by atoms with Crippen molar-refractivity contribution >= 4 is 26.8 Å². The number of carbonyl (C=O) groups is 1. The summed E-state index contributed by atoms with van der Waals surface area (Å²) in [6.45, 7) is 4.93. The van der Waals surface area contributed by atoms with Gasteiger partial charge in [0.2, 0.25) is 10.0 Å². The first-order valence-corrected chi connectivity index (χ1v) is 10.7. The predicted molar refractivity (Wildman–Crippen MR) is 108 cm³/mol. The maximum atomic E-state index is 12.7. The molecule has 0 spiro atoms. The molecule has 0 atom stereocenters. The van der Waals surface area contributed by atoms with E-state index in [-0.39, 0.29) is 10.8 Å². The Labute approximate surface area is 164 Å². The van der Waals surface area contributed by atoms with Crippen LogP contribution in [0.3, 0.4) is 0 Å². The molecule has 8 nitrogen and oxygen atoms in total. The molecule has 28 heavy (non-hydrogen) atoms. The predicted octanol–water partition coefficient (Wildman–Crippen LogP) is 1.90. The first kappa shape index (κ1) is 20.1. The molecule has 2 aromatic heterocycles. The van der Waals surface area contributed by atoms with Gasteiger partial charge in [0, 0.05) is 55.9 Å². The molecule has 0 saturated heterocycles. The second-order valence-electron chi connectivity index (χ2n) is 6.48. The van der Waals surface area contributed by atoms with E-state index in [4.69, 9.17) is 0 Å². The van der Waals surface area contributed by atoms with Crippen LogP contribution in [-0.4, -0.2) is 52.8 Å². The van der Waals surface area contributed by atoms with E-state index in [1.54, 1.807) is 48.4 Å². The van der Waals surface area contributed by atoms with E-state index in [2.05, 4.69) is 15.3 Å². The number of benzene rings is 1. The Kier molecular flexibility index (Phi) is 5.85. The summed E-state index contributed by atoms with van der Waals surface area (Å²) < 4.78 is 28.7. The van der Waals surface area contributed by atoms with Crippen molar-refractivity contribution in [1.82, 2.24) is 24.2 Å². The summed E-state index contributed by atoms with van der Waals surface area (Å²) >= 11 is 0.